The number of anilines is 1. The maximum absolute atomic E-state index is 12.4. The Morgan fingerprint density at radius 3 is 2.47 bits per heavy atom. The maximum atomic E-state index is 12.4. The molecule has 7 nitrogen and oxygen atoms in total. The fourth-order valence-electron chi connectivity index (χ4n) is 3.51. The largest absolute Gasteiger partial charge is 0.444 e. The number of benzene rings is 2. The van der Waals surface area contributed by atoms with Gasteiger partial charge in [-0.15, -0.1) is 0 Å². The van der Waals surface area contributed by atoms with E-state index in [1.807, 2.05) is 69.3 Å². The predicted molar refractivity (Wildman–Crippen MR) is 138 cm³/mol. The lowest BCUT2D eigenvalue weighted by molar-refractivity contribution is 0.0527. The molecule has 0 aromatic heterocycles. The van der Waals surface area contributed by atoms with E-state index in [-0.39, 0.29) is 5.91 Å². The van der Waals surface area contributed by atoms with Gasteiger partial charge in [-0.2, -0.15) is 0 Å². The quantitative estimate of drug-likeness (QED) is 0.602. The van der Waals surface area contributed by atoms with Crippen molar-refractivity contribution < 1.29 is 14.3 Å². The molecule has 2 N–H and O–H groups in total. The van der Waals surface area contributed by atoms with E-state index in [0.717, 1.165) is 29.9 Å². The van der Waals surface area contributed by atoms with Crippen molar-refractivity contribution in [3.8, 4) is 0 Å². The summed E-state index contributed by atoms with van der Waals surface area (Å²) in [5.74, 6) is -0.141. The van der Waals surface area contributed by atoms with Gasteiger partial charge < -0.3 is 20.3 Å². The lowest BCUT2D eigenvalue weighted by atomic mass is 10.0. The van der Waals surface area contributed by atoms with Crippen LogP contribution in [0.1, 0.15) is 48.7 Å². The van der Waals surface area contributed by atoms with Gasteiger partial charge in [0.15, 0.2) is 0 Å². The smallest absolute Gasteiger partial charge is 0.407 e. The summed E-state index contributed by atoms with van der Waals surface area (Å²) in [5.41, 5.74) is 4.32. The van der Waals surface area contributed by atoms with Gasteiger partial charge in [0, 0.05) is 43.5 Å². The summed E-state index contributed by atoms with van der Waals surface area (Å²) in [6, 6.07) is 15.7. The van der Waals surface area contributed by atoms with E-state index in [0.29, 0.717) is 25.1 Å². The van der Waals surface area contributed by atoms with Crippen molar-refractivity contribution in [1.29, 1.82) is 0 Å². The number of para-hydroxylation sites is 1. The number of hydrogen-bond acceptors (Lipinski definition) is 5. The summed E-state index contributed by atoms with van der Waals surface area (Å²) in [5, 5.41) is 5.55. The van der Waals surface area contributed by atoms with Crippen molar-refractivity contribution >= 4 is 29.5 Å². The van der Waals surface area contributed by atoms with Crippen LogP contribution >= 0.6 is 0 Å². The molecule has 2 amide bonds. The standard InChI is InChI=1S/C27H34N4O3/c1-27(2,3)34-26(33)30-17-7-16-29-25(32)21-13-10-20(11-14-21)12-15-23-22-8-5-6-9-24(22)31(4)19-18-28-23/h5-6,8-15H,7,16-19H2,1-4H3,(H,29,32)(H,30,33)/b15-12+. The van der Waals surface area contributed by atoms with Crippen molar-refractivity contribution in [2.75, 3.05) is 38.1 Å². The van der Waals surface area contributed by atoms with Crippen molar-refractivity contribution in [3.05, 3.63) is 71.3 Å². The Hall–Kier alpha value is -3.61. The number of carbonyl (C=O) groups is 2. The number of allylic oxidation sites excluding steroid dienone is 1. The number of nitrogens with one attached hydrogen (secondary N) is 2. The van der Waals surface area contributed by atoms with Gasteiger partial charge in [0.2, 0.25) is 0 Å². The van der Waals surface area contributed by atoms with Crippen LogP contribution in [-0.4, -0.2) is 56.5 Å². The normalized spacial score (nSPS) is 13.6. The third-order valence-electron chi connectivity index (χ3n) is 5.22. The first kappa shape index (κ1) is 25.0. The van der Waals surface area contributed by atoms with E-state index in [1.165, 1.54) is 5.69 Å². The van der Waals surface area contributed by atoms with Crippen molar-refractivity contribution in [1.82, 2.24) is 10.6 Å². The molecule has 0 bridgehead atoms. The van der Waals surface area contributed by atoms with Crippen molar-refractivity contribution in [2.45, 2.75) is 32.8 Å². The molecule has 0 aliphatic carbocycles. The minimum atomic E-state index is -0.524. The van der Waals surface area contributed by atoms with Crippen LogP contribution in [0, 0.1) is 0 Å². The number of rotatable bonds is 7. The van der Waals surface area contributed by atoms with Gasteiger partial charge in [-0.1, -0.05) is 36.4 Å². The van der Waals surface area contributed by atoms with E-state index in [1.54, 1.807) is 0 Å². The molecule has 0 saturated heterocycles. The summed E-state index contributed by atoms with van der Waals surface area (Å²) in [6.07, 6.45) is 4.22. The lowest BCUT2D eigenvalue weighted by Gasteiger charge is -2.19. The molecule has 1 heterocycles. The van der Waals surface area contributed by atoms with Gasteiger partial charge in [-0.25, -0.2) is 4.79 Å². The van der Waals surface area contributed by atoms with Crippen LogP contribution < -0.4 is 15.5 Å². The zero-order chi connectivity index (χ0) is 24.6. The molecule has 2 aromatic carbocycles. The fraction of sp³-hybridized carbons (Fsp3) is 0.370. The van der Waals surface area contributed by atoms with Gasteiger partial charge in [0.1, 0.15) is 5.60 Å². The number of carbonyl (C=O) groups excluding carboxylic acids is 2. The molecule has 7 heteroatoms. The highest BCUT2D eigenvalue weighted by molar-refractivity contribution is 6.14. The van der Waals surface area contributed by atoms with Gasteiger partial charge in [0.25, 0.3) is 5.91 Å². The number of benzodiazepines with no additional fused rings is 1. The van der Waals surface area contributed by atoms with E-state index in [9.17, 15) is 9.59 Å². The number of amides is 2. The zero-order valence-electron chi connectivity index (χ0n) is 20.4. The van der Waals surface area contributed by atoms with Crippen LogP contribution in [0.15, 0.2) is 59.6 Å². The summed E-state index contributed by atoms with van der Waals surface area (Å²) >= 11 is 0. The number of ether oxygens (including phenoxy) is 1. The zero-order valence-corrected chi connectivity index (χ0v) is 20.4. The first-order valence-corrected chi connectivity index (χ1v) is 11.6. The van der Waals surface area contributed by atoms with Gasteiger partial charge >= 0.3 is 6.09 Å². The third kappa shape index (κ3) is 7.47. The Balaban J connectivity index is 1.49. The van der Waals surface area contributed by atoms with Crippen molar-refractivity contribution in [3.63, 3.8) is 0 Å². The molecule has 0 unspecified atom stereocenters. The van der Waals surface area contributed by atoms with Crippen LogP contribution in [-0.2, 0) is 4.74 Å². The Morgan fingerprint density at radius 1 is 1.03 bits per heavy atom. The van der Waals surface area contributed by atoms with E-state index < -0.39 is 11.7 Å². The van der Waals surface area contributed by atoms with Crippen LogP contribution in [0.4, 0.5) is 10.5 Å². The molecule has 0 radical (unpaired) electrons. The number of likely N-dealkylation sites (N-methyl/N-ethyl adjacent to an activating group) is 1. The molecule has 1 aliphatic rings. The third-order valence-corrected chi connectivity index (χ3v) is 5.22. The molecule has 0 atom stereocenters. The topological polar surface area (TPSA) is 83.0 Å². The van der Waals surface area contributed by atoms with Crippen LogP contribution in [0.25, 0.3) is 6.08 Å². The number of fused-ring (bicyclic) bond motifs is 1. The second-order valence-electron chi connectivity index (χ2n) is 9.20. The van der Waals surface area contributed by atoms with Gasteiger partial charge in [0.05, 0.1) is 12.3 Å². The van der Waals surface area contributed by atoms with E-state index >= 15 is 0 Å². The Labute approximate surface area is 201 Å². The summed E-state index contributed by atoms with van der Waals surface area (Å²) in [7, 11) is 2.09. The molecule has 3 rings (SSSR count). The second-order valence-corrected chi connectivity index (χ2v) is 9.20. The number of hydrogen-bond donors (Lipinski definition) is 2. The molecule has 180 valence electrons. The monoisotopic (exact) mass is 462 g/mol. The first-order chi connectivity index (χ1) is 16.2. The van der Waals surface area contributed by atoms with Gasteiger partial charge in [-0.3, -0.25) is 9.79 Å². The van der Waals surface area contributed by atoms with Crippen LogP contribution in [0.2, 0.25) is 0 Å². The summed E-state index contributed by atoms with van der Waals surface area (Å²) in [4.78, 5) is 31.0. The number of aliphatic imine (C=N–C) groups is 1. The van der Waals surface area contributed by atoms with E-state index in [4.69, 9.17) is 9.73 Å². The van der Waals surface area contributed by atoms with Crippen LogP contribution in [0.5, 0.6) is 0 Å². The second kappa shape index (κ2) is 11.5. The van der Waals surface area contributed by atoms with Crippen LogP contribution in [0.3, 0.4) is 0 Å². The SMILES string of the molecule is CN1CCN=C(/C=C/c2ccc(C(=O)NCCCNC(=O)OC(C)(C)C)cc2)c2ccccc21. The predicted octanol–water partition coefficient (Wildman–Crippen LogP) is 4.28. The fourth-order valence-corrected chi connectivity index (χ4v) is 3.51. The van der Waals surface area contributed by atoms with Crippen molar-refractivity contribution in [2.24, 2.45) is 4.99 Å². The highest BCUT2D eigenvalue weighted by atomic mass is 16.6. The maximum Gasteiger partial charge on any atom is 0.407 e. The first-order valence-electron chi connectivity index (χ1n) is 11.6. The number of nitrogens with zero attached hydrogens (tertiary/aromatic N) is 2. The molecule has 34 heavy (non-hydrogen) atoms. The highest BCUT2D eigenvalue weighted by Gasteiger charge is 2.16. The average Bonchev–Trinajstić information content (AvgIpc) is 2.95. The minimum absolute atomic E-state index is 0.141. The summed E-state index contributed by atoms with van der Waals surface area (Å²) < 4.78 is 5.18. The Morgan fingerprint density at radius 2 is 1.74 bits per heavy atom. The molecular formula is C27H34N4O3. The average molecular weight is 463 g/mol. The molecule has 0 saturated carbocycles. The lowest BCUT2D eigenvalue weighted by Crippen LogP contribution is -2.34. The number of alkyl carbamates (subject to hydrolysis) is 1. The Kier molecular flexibility index (Phi) is 8.46. The molecular weight excluding hydrogens is 428 g/mol. The molecule has 0 fully saturated rings. The molecule has 0 spiro atoms. The minimum Gasteiger partial charge on any atom is -0.444 e. The summed E-state index contributed by atoms with van der Waals surface area (Å²) in [6.45, 7) is 7.98. The molecule has 2 aromatic rings. The highest BCUT2D eigenvalue weighted by Crippen LogP contribution is 2.23. The molecule has 1 aliphatic heterocycles. The van der Waals surface area contributed by atoms with Gasteiger partial charge in [-0.05, 0) is 57.0 Å². The Bertz CT molecular complexity index is 1050. The van der Waals surface area contributed by atoms with E-state index in [2.05, 4.69) is 34.7 Å².